The molecular formula is C11H11NO. The van der Waals surface area contributed by atoms with Crippen molar-refractivity contribution in [1.82, 2.24) is 4.57 Å². The first-order valence-electron chi connectivity index (χ1n) is 4.71. The van der Waals surface area contributed by atoms with Gasteiger partial charge in [-0.3, -0.25) is 4.79 Å². The van der Waals surface area contributed by atoms with Crippen molar-refractivity contribution in [1.29, 1.82) is 0 Å². The SMILES string of the molecule is O=C1C2CC=CC2C1n1cccc1. The smallest absolute Gasteiger partial charge is 0.160 e. The predicted molar refractivity (Wildman–Crippen MR) is 49.2 cm³/mol. The number of nitrogens with zero attached hydrogens (tertiary/aromatic N) is 1. The van der Waals surface area contributed by atoms with Gasteiger partial charge in [-0.2, -0.15) is 0 Å². The Morgan fingerprint density at radius 2 is 2.08 bits per heavy atom. The molecule has 3 unspecified atom stereocenters. The molecule has 13 heavy (non-hydrogen) atoms. The quantitative estimate of drug-likeness (QED) is 0.593. The number of carbonyl (C=O) groups is 1. The van der Waals surface area contributed by atoms with E-state index in [1.54, 1.807) is 0 Å². The average Bonchev–Trinajstić information content (AvgIpc) is 2.73. The van der Waals surface area contributed by atoms with E-state index >= 15 is 0 Å². The monoisotopic (exact) mass is 173 g/mol. The first kappa shape index (κ1) is 7.13. The van der Waals surface area contributed by atoms with Crippen molar-refractivity contribution in [3.8, 4) is 0 Å². The second-order valence-corrected chi connectivity index (χ2v) is 3.83. The van der Waals surface area contributed by atoms with Crippen LogP contribution in [0, 0.1) is 11.8 Å². The highest BCUT2D eigenvalue weighted by Crippen LogP contribution is 2.46. The summed E-state index contributed by atoms with van der Waals surface area (Å²) in [5, 5.41) is 0. The van der Waals surface area contributed by atoms with Crippen molar-refractivity contribution < 1.29 is 4.79 Å². The average molecular weight is 173 g/mol. The van der Waals surface area contributed by atoms with Crippen molar-refractivity contribution >= 4 is 5.78 Å². The Hall–Kier alpha value is -1.31. The predicted octanol–water partition coefficient (Wildman–Crippen LogP) is 1.80. The van der Waals surface area contributed by atoms with E-state index in [2.05, 4.69) is 12.2 Å². The van der Waals surface area contributed by atoms with Crippen molar-refractivity contribution in [2.24, 2.45) is 11.8 Å². The second kappa shape index (κ2) is 2.34. The number of Topliss-reactive ketones (excluding diaryl/α,β-unsaturated/α-hetero) is 1. The fourth-order valence-electron chi connectivity index (χ4n) is 2.47. The number of carbonyl (C=O) groups excluding carboxylic acids is 1. The minimum atomic E-state index is 0.0961. The Balaban J connectivity index is 1.94. The molecule has 0 spiro atoms. The maximum Gasteiger partial charge on any atom is 0.160 e. The van der Waals surface area contributed by atoms with Crippen LogP contribution in [0.3, 0.4) is 0 Å². The first-order valence-corrected chi connectivity index (χ1v) is 4.71. The molecule has 2 heteroatoms. The summed E-state index contributed by atoms with van der Waals surface area (Å²) in [7, 11) is 0. The molecule has 0 aliphatic heterocycles. The van der Waals surface area contributed by atoms with Crippen molar-refractivity contribution in [3.63, 3.8) is 0 Å². The van der Waals surface area contributed by atoms with E-state index in [0.717, 1.165) is 6.42 Å². The molecule has 66 valence electrons. The summed E-state index contributed by atoms with van der Waals surface area (Å²) in [6.45, 7) is 0. The summed E-state index contributed by atoms with van der Waals surface area (Å²) in [4.78, 5) is 11.7. The summed E-state index contributed by atoms with van der Waals surface area (Å²) >= 11 is 0. The number of hydrogen-bond donors (Lipinski definition) is 0. The third-order valence-corrected chi connectivity index (χ3v) is 3.18. The van der Waals surface area contributed by atoms with Gasteiger partial charge in [-0.05, 0) is 18.6 Å². The summed E-state index contributed by atoms with van der Waals surface area (Å²) in [5.74, 6) is 1.18. The number of allylic oxidation sites excluding steroid dienone is 2. The van der Waals surface area contributed by atoms with E-state index in [-0.39, 0.29) is 6.04 Å². The topological polar surface area (TPSA) is 22.0 Å². The van der Waals surface area contributed by atoms with E-state index in [1.807, 2.05) is 29.1 Å². The molecule has 1 saturated carbocycles. The fraction of sp³-hybridized carbons (Fsp3) is 0.364. The number of fused-ring (bicyclic) bond motifs is 1. The first-order chi connectivity index (χ1) is 6.38. The van der Waals surface area contributed by atoms with Crippen molar-refractivity contribution in [2.75, 3.05) is 0 Å². The molecule has 1 heterocycles. The van der Waals surface area contributed by atoms with E-state index < -0.39 is 0 Å². The Morgan fingerprint density at radius 3 is 2.85 bits per heavy atom. The summed E-state index contributed by atoms with van der Waals surface area (Å²) < 4.78 is 2.03. The van der Waals surface area contributed by atoms with Crippen LogP contribution in [0.4, 0.5) is 0 Å². The van der Waals surface area contributed by atoms with Crippen molar-refractivity contribution in [3.05, 3.63) is 36.7 Å². The summed E-state index contributed by atoms with van der Waals surface area (Å²) in [5.41, 5.74) is 0. The minimum Gasteiger partial charge on any atom is -0.343 e. The van der Waals surface area contributed by atoms with Crippen LogP contribution in [0.15, 0.2) is 36.7 Å². The molecule has 0 aromatic carbocycles. The minimum absolute atomic E-state index is 0.0961. The van der Waals surface area contributed by atoms with Crippen LogP contribution in [0.5, 0.6) is 0 Å². The lowest BCUT2D eigenvalue weighted by molar-refractivity contribution is -0.137. The molecule has 1 fully saturated rings. The number of hydrogen-bond acceptors (Lipinski definition) is 1. The van der Waals surface area contributed by atoms with Gasteiger partial charge in [-0.1, -0.05) is 12.2 Å². The van der Waals surface area contributed by atoms with Crippen LogP contribution >= 0.6 is 0 Å². The number of aromatic nitrogens is 1. The Morgan fingerprint density at radius 1 is 1.31 bits per heavy atom. The van der Waals surface area contributed by atoms with E-state index in [0.29, 0.717) is 17.6 Å². The molecular weight excluding hydrogens is 162 g/mol. The molecule has 3 rings (SSSR count). The molecule has 0 radical (unpaired) electrons. The van der Waals surface area contributed by atoms with Gasteiger partial charge in [0.25, 0.3) is 0 Å². The molecule has 3 atom stereocenters. The zero-order chi connectivity index (χ0) is 8.84. The third-order valence-electron chi connectivity index (χ3n) is 3.18. The van der Waals surface area contributed by atoms with E-state index in [4.69, 9.17) is 0 Å². The van der Waals surface area contributed by atoms with Gasteiger partial charge in [0.15, 0.2) is 5.78 Å². The van der Waals surface area contributed by atoms with Crippen LogP contribution in [0.25, 0.3) is 0 Å². The summed E-state index contributed by atoms with van der Waals surface area (Å²) in [6.07, 6.45) is 9.24. The lowest BCUT2D eigenvalue weighted by atomic mass is 9.70. The Kier molecular flexibility index (Phi) is 1.29. The van der Waals surface area contributed by atoms with Crippen LogP contribution in [0.2, 0.25) is 0 Å². The van der Waals surface area contributed by atoms with E-state index in [9.17, 15) is 4.79 Å². The molecule has 2 aliphatic carbocycles. The lowest BCUT2D eigenvalue weighted by Gasteiger charge is -2.39. The largest absolute Gasteiger partial charge is 0.343 e. The fourth-order valence-corrected chi connectivity index (χ4v) is 2.47. The highest BCUT2D eigenvalue weighted by Gasteiger charge is 2.50. The lowest BCUT2D eigenvalue weighted by Crippen LogP contribution is -2.45. The van der Waals surface area contributed by atoms with Crippen LogP contribution in [-0.2, 0) is 4.79 Å². The Bertz CT molecular complexity index is 363. The maximum absolute atomic E-state index is 11.7. The van der Waals surface area contributed by atoms with Crippen LogP contribution in [0.1, 0.15) is 12.5 Å². The molecule has 2 aliphatic rings. The maximum atomic E-state index is 11.7. The second-order valence-electron chi connectivity index (χ2n) is 3.83. The van der Waals surface area contributed by atoms with E-state index in [1.165, 1.54) is 0 Å². The molecule has 1 aromatic rings. The third kappa shape index (κ3) is 0.804. The zero-order valence-corrected chi connectivity index (χ0v) is 7.26. The van der Waals surface area contributed by atoms with Gasteiger partial charge < -0.3 is 4.57 Å². The number of ketones is 1. The molecule has 0 amide bonds. The van der Waals surface area contributed by atoms with Crippen LogP contribution in [-0.4, -0.2) is 10.4 Å². The highest BCUT2D eigenvalue weighted by atomic mass is 16.1. The molecule has 1 aromatic heterocycles. The standard InChI is InChI=1S/C11H11NO/c13-11-9-5-3-4-8(9)10(11)12-6-1-2-7-12/h1-4,6-10H,5H2. The van der Waals surface area contributed by atoms with Gasteiger partial charge >= 0.3 is 0 Å². The molecule has 0 N–H and O–H groups in total. The van der Waals surface area contributed by atoms with Crippen molar-refractivity contribution in [2.45, 2.75) is 12.5 Å². The number of rotatable bonds is 1. The van der Waals surface area contributed by atoms with Gasteiger partial charge in [0.05, 0.1) is 6.04 Å². The van der Waals surface area contributed by atoms with Gasteiger partial charge in [-0.25, -0.2) is 0 Å². The highest BCUT2D eigenvalue weighted by molar-refractivity contribution is 5.93. The molecule has 0 bridgehead atoms. The van der Waals surface area contributed by atoms with Gasteiger partial charge in [0.2, 0.25) is 0 Å². The molecule has 2 nitrogen and oxygen atoms in total. The van der Waals surface area contributed by atoms with Gasteiger partial charge in [-0.15, -0.1) is 0 Å². The molecule has 0 saturated heterocycles. The van der Waals surface area contributed by atoms with Crippen LogP contribution < -0.4 is 0 Å². The van der Waals surface area contributed by atoms with Gasteiger partial charge in [0.1, 0.15) is 0 Å². The normalized spacial score (nSPS) is 36.0. The van der Waals surface area contributed by atoms with Gasteiger partial charge in [0, 0.05) is 24.2 Å². The summed E-state index contributed by atoms with van der Waals surface area (Å²) in [6, 6.07) is 4.04. The Labute approximate surface area is 76.9 Å². The zero-order valence-electron chi connectivity index (χ0n) is 7.26.